The van der Waals surface area contributed by atoms with Crippen molar-refractivity contribution in [3.05, 3.63) is 0 Å². The predicted octanol–water partition coefficient (Wildman–Crippen LogP) is 4.23. The van der Waals surface area contributed by atoms with Crippen molar-refractivity contribution in [2.24, 2.45) is 5.92 Å². The lowest BCUT2D eigenvalue weighted by Crippen LogP contribution is -2.31. The zero-order chi connectivity index (χ0) is 14.2. The smallest absolute Gasteiger partial charge is 0.319 e. The fraction of sp³-hybridized carbons (Fsp3) is 0.929. The Morgan fingerprint density at radius 1 is 1.28 bits per heavy atom. The molecule has 18 heavy (non-hydrogen) atoms. The summed E-state index contributed by atoms with van der Waals surface area (Å²) in [5.41, 5.74) is -0.439. The van der Waals surface area contributed by atoms with Gasteiger partial charge in [0, 0.05) is 0 Å². The van der Waals surface area contributed by atoms with Crippen LogP contribution in [0.1, 0.15) is 53.9 Å². The SMILES string of the molecule is CC(C)CC(SCCCCF)C(=O)OC(C)(C)C. The van der Waals surface area contributed by atoms with Crippen molar-refractivity contribution < 1.29 is 13.9 Å². The number of halogens is 1. The van der Waals surface area contributed by atoms with Crippen molar-refractivity contribution in [3.8, 4) is 0 Å². The predicted molar refractivity (Wildman–Crippen MR) is 76.8 cm³/mol. The average molecular weight is 278 g/mol. The summed E-state index contributed by atoms with van der Waals surface area (Å²) >= 11 is 1.60. The van der Waals surface area contributed by atoms with Crippen molar-refractivity contribution in [2.75, 3.05) is 12.4 Å². The molecule has 0 rings (SSSR count). The molecule has 0 spiro atoms. The molecule has 0 bridgehead atoms. The fourth-order valence-corrected chi connectivity index (χ4v) is 2.81. The van der Waals surface area contributed by atoms with Gasteiger partial charge < -0.3 is 4.74 Å². The molecule has 0 saturated carbocycles. The Morgan fingerprint density at radius 3 is 2.33 bits per heavy atom. The average Bonchev–Trinajstić information content (AvgIpc) is 2.19. The summed E-state index contributed by atoms with van der Waals surface area (Å²) in [7, 11) is 0. The number of carbonyl (C=O) groups is 1. The zero-order valence-corrected chi connectivity index (χ0v) is 13.1. The standard InChI is InChI=1S/C14H27FO2S/c1-11(2)10-12(18-9-7-6-8-15)13(16)17-14(3,4)5/h11-12H,6-10H2,1-5H3. The molecule has 0 aromatic carbocycles. The zero-order valence-electron chi connectivity index (χ0n) is 12.3. The second-order valence-corrected chi connectivity index (χ2v) is 7.23. The Hall–Kier alpha value is -0.250. The van der Waals surface area contributed by atoms with Gasteiger partial charge in [-0.3, -0.25) is 9.18 Å². The van der Waals surface area contributed by atoms with Crippen LogP contribution in [0.5, 0.6) is 0 Å². The van der Waals surface area contributed by atoms with E-state index < -0.39 is 5.60 Å². The summed E-state index contributed by atoms with van der Waals surface area (Å²) in [4.78, 5) is 12.0. The van der Waals surface area contributed by atoms with E-state index in [2.05, 4.69) is 13.8 Å². The molecule has 0 heterocycles. The number of thioether (sulfide) groups is 1. The van der Waals surface area contributed by atoms with E-state index in [0.29, 0.717) is 12.3 Å². The van der Waals surface area contributed by atoms with Gasteiger partial charge in [-0.25, -0.2) is 0 Å². The van der Waals surface area contributed by atoms with E-state index in [-0.39, 0.29) is 17.9 Å². The number of rotatable bonds is 8. The number of alkyl halides is 1. The first-order valence-corrected chi connectivity index (χ1v) is 7.71. The summed E-state index contributed by atoms with van der Waals surface area (Å²) in [5.74, 6) is 1.14. The maximum absolute atomic E-state index is 12.0. The number of unbranched alkanes of at least 4 members (excludes halogenated alkanes) is 1. The highest BCUT2D eigenvalue weighted by atomic mass is 32.2. The summed E-state index contributed by atoms with van der Waals surface area (Å²) in [6.07, 6.45) is 2.21. The van der Waals surface area contributed by atoms with Gasteiger partial charge >= 0.3 is 5.97 Å². The van der Waals surface area contributed by atoms with Gasteiger partial charge in [-0.15, -0.1) is 11.8 Å². The van der Waals surface area contributed by atoms with Crippen LogP contribution in [0.4, 0.5) is 4.39 Å². The van der Waals surface area contributed by atoms with Gasteiger partial charge in [0.15, 0.2) is 0 Å². The van der Waals surface area contributed by atoms with Gasteiger partial charge in [0.2, 0.25) is 0 Å². The van der Waals surface area contributed by atoms with E-state index in [9.17, 15) is 9.18 Å². The third-order valence-corrected chi connectivity index (χ3v) is 3.51. The van der Waals surface area contributed by atoms with Gasteiger partial charge in [0.1, 0.15) is 10.9 Å². The summed E-state index contributed by atoms with van der Waals surface area (Å²) in [6.45, 7) is 9.56. The van der Waals surface area contributed by atoms with E-state index >= 15 is 0 Å². The molecule has 2 nitrogen and oxygen atoms in total. The molecule has 108 valence electrons. The lowest BCUT2D eigenvalue weighted by molar-refractivity contribution is -0.154. The summed E-state index contributed by atoms with van der Waals surface area (Å²) < 4.78 is 17.4. The second-order valence-electron chi connectivity index (χ2n) is 5.92. The van der Waals surface area contributed by atoms with Crippen LogP contribution in [0.25, 0.3) is 0 Å². The van der Waals surface area contributed by atoms with Crippen LogP contribution >= 0.6 is 11.8 Å². The van der Waals surface area contributed by atoms with Crippen LogP contribution in [0, 0.1) is 5.92 Å². The molecule has 0 aromatic rings. The monoisotopic (exact) mass is 278 g/mol. The third-order valence-electron chi connectivity index (χ3n) is 2.20. The first-order chi connectivity index (χ1) is 8.26. The van der Waals surface area contributed by atoms with E-state index in [4.69, 9.17) is 4.74 Å². The van der Waals surface area contributed by atoms with Crippen LogP contribution in [-0.4, -0.2) is 29.2 Å². The number of hydrogen-bond donors (Lipinski definition) is 0. The van der Waals surface area contributed by atoms with Gasteiger partial charge in [-0.05, 0) is 51.7 Å². The summed E-state index contributed by atoms with van der Waals surface area (Å²) in [5, 5.41) is -0.121. The molecule has 1 atom stereocenters. The molecule has 0 radical (unpaired) electrons. The highest BCUT2D eigenvalue weighted by Crippen LogP contribution is 2.24. The van der Waals surface area contributed by atoms with E-state index in [1.165, 1.54) is 0 Å². The number of esters is 1. The van der Waals surface area contributed by atoms with Crippen molar-refractivity contribution in [3.63, 3.8) is 0 Å². The Labute approximate surface area is 115 Å². The maximum atomic E-state index is 12.0. The van der Waals surface area contributed by atoms with Crippen molar-refractivity contribution in [1.29, 1.82) is 0 Å². The third kappa shape index (κ3) is 9.75. The van der Waals surface area contributed by atoms with Gasteiger partial charge in [0.05, 0.1) is 6.67 Å². The molecule has 0 aliphatic heterocycles. The molecule has 0 aromatic heterocycles. The molecule has 4 heteroatoms. The number of hydrogen-bond acceptors (Lipinski definition) is 3. The topological polar surface area (TPSA) is 26.3 Å². The Bertz CT molecular complexity index is 236. The van der Waals surface area contributed by atoms with Gasteiger partial charge in [0.25, 0.3) is 0 Å². The van der Waals surface area contributed by atoms with Crippen LogP contribution in [0.15, 0.2) is 0 Å². The van der Waals surface area contributed by atoms with Crippen LogP contribution in [0.2, 0.25) is 0 Å². The molecular weight excluding hydrogens is 251 g/mol. The second kappa shape index (κ2) is 8.78. The van der Waals surface area contributed by atoms with E-state index in [0.717, 1.165) is 18.6 Å². The van der Waals surface area contributed by atoms with E-state index in [1.54, 1.807) is 11.8 Å². The summed E-state index contributed by atoms with van der Waals surface area (Å²) in [6, 6.07) is 0. The molecule has 0 aliphatic carbocycles. The lowest BCUT2D eigenvalue weighted by Gasteiger charge is -2.24. The maximum Gasteiger partial charge on any atom is 0.319 e. The van der Waals surface area contributed by atoms with Crippen LogP contribution in [-0.2, 0) is 9.53 Å². The van der Waals surface area contributed by atoms with Crippen LogP contribution in [0.3, 0.4) is 0 Å². The largest absolute Gasteiger partial charge is 0.459 e. The lowest BCUT2D eigenvalue weighted by atomic mass is 10.1. The molecule has 0 saturated heterocycles. The molecule has 0 fully saturated rings. The number of carbonyl (C=O) groups excluding carboxylic acids is 1. The molecule has 0 aliphatic rings. The van der Waals surface area contributed by atoms with Crippen molar-refractivity contribution in [2.45, 2.75) is 64.7 Å². The fourth-order valence-electron chi connectivity index (χ4n) is 1.45. The molecular formula is C14H27FO2S. The highest BCUT2D eigenvalue weighted by Gasteiger charge is 2.25. The number of ether oxygens (including phenoxy) is 1. The van der Waals surface area contributed by atoms with Crippen molar-refractivity contribution >= 4 is 17.7 Å². The normalized spacial score (nSPS) is 13.7. The minimum absolute atomic E-state index is 0.121. The van der Waals surface area contributed by atoms with E-state index in [1.807, 2.05) is 20.8 Å². The molecule has 0 N–H and O–H groups in total. The first kappa shape index (κ1) is 17.8. The minimum Gasteiger partial charge on any atom is -0.459 e. The highest BCUT2D eigenvalue weighted by molar-refractivity contribution is 8.00. The minimum atomic E-state index is -0.439. The van der Waals surface area contributed by atoms with Gasteiger partial charge in [-0.1, -0.05) is 13.8 Å². The van der Waals surface area contributed by atoms with Gasteiger partial charge in [-0.2, -0.15) is 0 Å². The molecule has 1 unspecified atom stereocenters. The first-order valence-electron chi connectivity index (χ1n) is 6.66. The van der Waals surface area contributed by atoms with Crippen molar-refractivity contribution in [1.82, 2.24) is 0 Å². The molecule has 0 amide bonds. The Morgan fingerprint density at radius 2 is 1.89 bits per heavy atom. The Balaban J connectivity index is 4.24. The quantitative estimate of drug-likeness (QED) is 0.491. The Kier molecular flexibility index (Phi) is 8.66. The van der Waals surface area contributed by atoms with Crippen LogP contribution < -0.4 is 0 Å².